The maximum atomic E-state index is 12.5. The van der Waals surface area contributed by atoms with E-state index < -0.39 is 30.4 Å². The van der Waals surface area contributed by atoms with E-state index in [-0.39, 0.29) is 19.1 Å². The van der Waals surface area contributed by atoms with Crippen molar-refractivity contribution in [3.05, 3.63) is 77.5 Å². The highest BCUT2D eigenvalue weighted by atomic mass is 16.5. The van der Waals surface area contributed by atoms with E-state index in [1.807, 2.05) is 48.5 Å². The van der Waals surface area contributed by atoms with E-state index in [1.165, 1.54) is 6.39 Å². The zero-order valence-corrected chi connectivity index (χ0v) is 17.9. The molecule has 0 radical (unpaired) electrons. The van der Waals surface area contributed by atoms with Gasteiger partial charge in [0.05, 0.1) is 13.0 Å². The number of hydrogen-bond acceptors (Lipinski definition) is 6. The van der Waals surface area contributed by atoms with Crippen molar-refractivity contribution in [3.8, 4) is 11.1 Å². The average Bonchev–Trinajstić information content (AvgIpc) is 3.36. The van der Waals surface area contributed by atoms with Gasteiger partial charge in [0, 0.05) is 5.92 Å². The number of aromatic nitrogens is 1. The summed E-state index contributed by atoms with van der Waals surface area (Å²) in [5.41, 5.74) is 4.80. The fourth-order valence-electron chi connectivity index (χ4n) is 3.96. The third kappa shape index (κ3) is 4.87. The van der Waals surface area contributed by atoms with E-state index in [1.54, 1.807) is 6.92 Å². The molecule has 9 nitrogen and oxygen atoms in total. The van der Waals surface area contributed by atoms with Crippen LogP contribution in [0.3, 0.4) is 0 Å². The van der Waals surface area contributed by atoms with Crippen molar-refractivity contribution < 1.29 is 28.6 Å². The molecule has 1 aliphatic rings. The van der Waals surface area contributed by atoms with Crippen LogP contribution >= 0.6 is 0 Å². The van der Waals surface area contributed by atoms with Gasteiger partial charge in [0.2, 0.25) is 5.91 Å². The number of ether oxygens (including phenoxy) is 1. The molecule has 2 amide bonds. The summed E-state index contributed by atoms with van der Waals surface area (Å²) in [6.45, 7) is 1.79. The van der Waals surface area contributed by atoms with E-state index >= 15 is 0 Å². The Morgan fingerprint density at radius 2 is 1.73 bits per heavy atom. The molecule has 170 valence electrons. The molecule has 1 aliphatic carbocycles. The molecule has 3 N–H and O–H groups in total. The number of aliphatic carboxylic acids is 1. The van der Waals surface area contributed by atoms with Gasteiger partial charge >= 0.3 is 12.1 Å². The van der Waals surface area contributed by atoms with Crippen molar-refractivity contribution in [2.24, 2.45) is 0 Å². The lowest BCUT2D eigenvalue weighted by Crippen LogP contribution is -2.48. The molecule has 3 aromatic rings. The highest BCUT2D eigenvalue weighted by Gasteiger charge is 2.30. The number of amides is 2. The Morgan fingerprint density at radius 3 is 2.30 bits per heavy atom. The van der Waals surface area contributed by atoms with Gasteiger partial charge in [-0.1, -0.05) is 48.5 Å². The molecule has 1 unspecified atom stereocenters. The summed E-state index contributed by atoms with van der Waals surface area (Å²) in [7, 11) is 0. The summed E-state index contributed by atoms with van der Waals surface area (Å²) in [4.78, 5) is 40.2. The monoisotopic (exact) mass is 449 g/mol. The molecule has 2 aromatic carbocycles. The molecule has 4 rings (SSSR count). The predicted molar refractivity (Wildman–Crippen MR) is 117 cm³/mol. The van der Waals surface area contributed by atoms with Crippen molar-refractivity contribution >= 4 is 18.0 Å². The van der Waals surface area contributed by atoms with Crippen molar-refractivity contribution in [1.29, 1.82) is 0 Å². The van der Waals surface area contributed by atoms with Gasteiger partial charge in [-0.3, -0.25) is 9.59 Å². The van der Waals surface area contributed by atoms with Crippen LogP contribution in [0.25, 0.3) is 11.1 Å². The Balaban J connectivity index is 1.39. The second-order valence-corrected chi connectivity index (χ2v) is 7.69. The standard InChI is InChI=1S/C24H23N3O6/c1-14-21(26-13-33-14)11-25-23(30)20(10-22(28)29)27-24(31)32-12-19-17-8-4-2-6-15(17)16-7-3-5-9-18(16)19/h2-9,13,19-20H,10-12H2,1H3,(H,25,30)(H,27,31)(H,28,29). The van der Waals surface area contributed by atoms with E-state index in [4.69, 9.17) is 14.3 Å². The van der Waals surface area contributed by atoms with Crippen molar-refractivity contribution in [2.45, 2.75) is 31.8 Å². The molecule has 0 bridgehead atoms. The van der Waals surface area contributed by atoms with Crippen molar-refractivity contribution in [1.82, 2.24) is 15.6 Å². The number of fused-ring (bicyclic) bond motifs is 3. The van der Waals surface area contributed by atoms with Crippen LogP contribution in [0, 0.1) is 6.92 Å². The fraction of sp³-hybridized carbons (Fsp3) is 0.250. The maximum absolute atomic E-state index is 12.5. The quantitative estimate of drug-likeness (QED) is 0.482. The number of hydrogen-bond donors (Lipinski definition) is 3. The molecule has 0 fully saturated rings. The van der Waals surface area contributed by atoms with Gasteiger partial charge in [-0.2, -0.15) is 0 Å². The van der Waals surface area contributed by atoms with Crippen LogP contribution in [-0.2, 0) is 20.9 Å². The number of carbonyl (C=O) groups is 3. The van der Waals surface area contributed by atoms with Crippen LogP contribution in [0.15, 0.2) is 59.3 Å². The minimum atomic E-state index is -1.30. The van der Waals surface area contributed by atoms with Gasteiger partial charge in [-0.05, 0) is 29.2 Å². The van der Waals surface area contributed by atoms with Gasteiger partial charge in [0.25, 0.3) is 0 Å². The lowest BCUT2D eigenvalue weighted by atomic mass is 9.98. The predicted octanol–water partition coefficient (Wildman–Crippen LogP) is 2.98. The molecule has 1 atom stereocenters. The number of carbonyl (C=O) groups excluding carboxylic acids is 2. The Morgan fingerprint density at radius 1 is 1.09 bits per heavy atom. The topological polar surface area (TPSA) is 131 Å². The number of nitrogens with zero attached hydrogens (tertiary/aromatic N) is 1. The number of aryl methyl sites for hydroxylation is 1. The number of oxazole rings is 1. The summed E-state index contributed by atoms with van der Waals surface area (Å²) in [6, 6.07) is 14.5. The van der Waals surface area contributed by atoms with Gasteiger partial charge in [-0.15, -0.1) is 0 Å². The maximum Gasteiger partial charge on any atom is 0.407 e. The third-order valence-corrected chi connectivity index (χ3v) is 5.61. The molecule has 0 spiro atoms. The second-order valence-electron chi connectivity index (χ2n) is 7.69. The first-order chi connectivity index (χ1) is 15.9. The molecule has 0 saturated heterocycles. The summed E-state index contributed by atoms with van der Waals surface area (Å²) in [5, 5.41) is 14.1. The lowest BCUT2D eigenvalue weighted by Gasteiger charge is -2.18. The number of carboxylic acids is 1. The SMILES string of the molecule is Cc1ocnc1CNC(=O)C(CC(=O)O)NC(=O)OCC1c2ccccc2-c2ccccc21. The Labute approximate surface area is 189 Å². The molecule has 0 aliphatic heterocycles. The van der Waals surface area contributed by atoms with Crippen LogP contribution in [0.1, 0.15) is 34.9 Å². The molecule has 1 heterocycles. The highest BCUT2D eigenvalue weighted by molar-refractivity contribution is 5.89. The molecule has 33 heavy (non-hydrogen) atoms. The summed E-state index contributed by atoms with van der Waals surface area (Å²) in [5.74, 6) is -1.50. The zero-order valence-electron chi connectivity index (χ0n) is 17.9. The van der Waals surface area contributed by atoms with Crippen molar-refractivity contribution in [3.63, 3.8) is 0 Å². The van der Waals surface area contributed by atoms with Crippen LogP contribution < -0.4 is 10.6 Å². The zero-order chi connectivity index (χ0) is 23.4. The smallest absolute Gasteiger partial charge is 0.407 e. The van der Waals surface area contributed by atoms with Crippen LogP contribution in [0.5, 0.6) is 0 Å². The number of rotatable bonds is 8. The Hall–Kier alpha value is -4.14. The average molecular weight is 449 g/mol. The van der Waals surface area contributed by atoms with E-state index in [0.29, 0.717) is 11.5 Å². The first-order valence-corrected chi connectivity index (χ1v) is 10.4. The molecule has 1 aromatic heterocycles. The van der Waals surface area contributed by atoms with Crippen molar-refractivity contribution in [2.75, 3.05) is 6.61 Å². The first-order valence-electron chi connectivity index (χ1n) is 10.4. The van der Waals surface area contributed by atoms with Gasteiger partial charge in [0.1, 0.15) is 24.1 Å². The number of carboxylic acid groups (broad SMARTS) is 1. The minimum absolute atomic E-state index is 0.0453. The van der Waals surface area contributed by atoms with Gasteiger partial charge < -0.3 is 24.9 Å². The van der Waals surface area contributed by atoms with E-state index in [9.17, 15) is 14.4 Å². The van der Waals surface area contributed by atoms with Crippen LogP contribution in [0.4, 0.5) is 4.79 Å². The van der Waals surface area contributed by atoms with E-state index in [0.717, 1.165) is 22.3 Å². The van der Waals surface area contributed by atoms with Gasteiger partial charge in [0.15, 0.2) is 6.39 Å². The largest absolute Gasteiger partial charge is 0.481 e. The highest BCUT2D eigenvalue weighted by Crippen LogP contribution is 2.44. The summed E-state index contributed by atoms with van der Waals surface area (Å²) < 4.78 is 10.5. The molecular formula is C24H23N3O6. The lowest BCUT2D eigenvalue weighted by molar-refractivity contribution is -0.139. The van der Waals surface area contributed by atoms with E-state index in [2.05, 4.69) is 15.6 Å². The van der Waals surface area contributed by atoms with Crippen LogP contribution in [0.2, 0.25) is 0 Å². The molecular weight excluding hydrogens is 426 g/mol. The number of alkyl carbamates (subject to hydrolysis) is 1. The molecule has 0 saturated carbocycles. The summed E-state index contributed by atoms with van der Waals surface area (Å²) >= 11 is 0. The third-order valence-electron chi connectivity index (χ3n) is 5.61. The van der Waals surface area contributed by atoms with Crippen LogP contribution in [-0.4, -0.2) is 40.7 Å². The minimum Gasteiger partial charge on any atom is -0.481 e. The Bertz CT molecular complexity index is 1140. The Kier molecular flexibility index (Phi) is 6.39. The molecule has 9 heteroatoms. The number of nitrogens with one attached hydrogen (secondary N) is 2. The first kappa shape index (κ1) is 22.1. The summed E-state index contributed by atoms with van der Waals surface area (Å²) in [6.07, 6.45) is -0.204. The van der Waals surface area contributed by atoms with Gasteiger partial charge in [-0.25, -0.2) is 9.78 Å². The normalized spacial score (nSPS) is 13.0. The number of benzene rings is 2. The second kappa shape index (κ2) is 9.56. The fourth-order valence-corrected chi connectivity index (χ4v) is 3.96.